The highest BCUT2D eigenvalue weighted by Gasteiger charge is 2.15. The summed E-state index contributed by atoms with van der Waals surface area (Å²) in [5.41, 5.74) is 0.494. The molecular formula is C15H24N4O3. The lowest BCUT2D eigenvalue weighted by Crippen LogP contribution is -2.43. The van der Waals surface area contributed by atoms with Gasteiger partial charge in [0, 0.05) is 19.3 Å². The topological polar surface area (TPSA) is 86.7 Å². The van der Waals surface area contributed by atoms with Gasteiger partial charge in [-0.15, -0.1) is 0 Å². The molecule has 2 amide bonds. The number of rotatable bonds is 6. The third-order valence-corrected chi connectivity index (χ3v) is 3.63. The summed E-state index contributed by atoms with van der Waals surface area (Å²) in [4.78, 5) is 18.1. The predicted octanol–water partition coefficient (Wildman–Crippen LogP) is 1.06. The van der Waals surface area contributed by atoms with Crippen molar-refractivity contribution in [1.29, 1.82) is 0 Å². The zero-order chi connectivity index (χ0) is 15.8. The lowest BCUT2D eigenvalue weighted by molar-refractivity contribution is 0.102. The first kappa shape index (κ1) is 16.5. The van der Waals surface area contributed by atoms with Crippen LogP contribution in [0.5, 0.6) is 5.88 Å². The van der Waals surface area contributed by atoms with Crippen LogP contribution in [-0.4, -0.2) is 60.4 Å². The maximum Gasteiger partial charge on any atom is 0.319 e. The van der Waals surface area contributed by atoms with E-state index in [2.05, 4.69) is 20.5 Å². The van der Waals surface area contributed by atoms with Crippen LogP contribution in [0, 0.1) is 0 Å². The van der Waals surface area contributed by atoms with Crippen LogP contribution < -0.4 is 15.4 Å². The molecule has 3 N–H and O–H groups in total. The SMILES string of the molecule is COc1ncccc1NC(=O)NC[C@@H](O)CN1CCCCC1. The van der Waals surface area contributed by atoms with Crippen molar-refractivity contribution in [3.63, 3.8) is 0 Å². The molecule has 0 aromatic carbocycles. The predicted molar refractivity (Wildman–Crippen MR) is 84.1 cm³/mol. The number of aliphatic hydroxyl groups excluding tert-OH is 1. The zero-order valence-corrected chi connectivity index (χ0v) is 12.9. The Kier molecular flexibility index (Phi) is 6.42. The number of likely N-dealkylation sites (tertiary alicyclic amines) is 1. The molecule has 0 bridgehead atoms. The average Bonchev–Trinajstić information content (AvgIpc) is 2.54. The van der Waals surface area contributed by atoms with Gasteiger partial charge >= 0.3 is 6.03 Å². The average molecular weight is 308 g/mol. The molecule has 1 atom stereocenters. The number of hydrogen-bond donors (Lipinski definition) is 3. The summed E-state index contributed by atoms with van der Waals surface area (Å²) in [6, 6.07) is 3.03. The molecule has 2 rings (SSSR count). The van der Waals surface area contributed by atoms with Crippen LogP contribution in [0.2, 0.25) is 0 Å². The van der Waals surface area contributed by atoms with Crippen LogP contribution in [0.15, 0.2) is 18.3 Å². The van der Waals surface area contributed by atoms with Gasteiger partial charge in [0.15, 0.2) is 0 Å². The third kappa shape index (κ3) is 5.16. The summed E-state index contributed by atoms with van der Waals surface area (Å²) in [6.45, 7) is 2.85. The van der Waals surface area contributed by atoms with Crippen molar-refractivity contribution in [2.75, 3.05) is 38.6 Å². The number of aromatic nitrogens is 1. The smallest absolute Gasteiger partial charge is 0.319 e. The van der Waals surface area contributed by atoms with E-state index in [1.165, 1.54) is 26.4 Å². The van der Waals surface area contributed by atoms with Crippen LogP contribution >= 0.6 is 0 Å². The number of carbonyl (C=O) groups excluding carboxylic acids is 1. The van der Waals surface area contributed by atoms with Crippen LogP contribution in [0.1, 0.15) is 19.3 Å². The number of hydrogen-bond acceptors (Lipinski definition) is 5. The first-order chi connectivity index (χ1) is 10.7. The number of piperidine rings is 1. The molecule has 1 aliphatic rings. The molecule has 0 radical (unpaired) electrons. The Morgan fingerprint density at radius 2 is 2.23 bits per heavy atom. The second-order valence-electron chi connectivity index (χ2n) is 5.41. The number of amides is 2. The van der Waals surface area contributed by atoms with E-state index in [4.69, 9.17) is 4.74 Å². The summed E-state index contributed by atoms with van der Waals surface area (Å²) in [7, 11) is 1.49. The van der Waals surface area contributed by atoms with E-state index < -0.39 is 6.10 Å². The summed E-state index contributed by atoms with van der Waals surface area (Å²) in [6.07, 6.45) is 4.65. The molecule has 1 aromatic rings. The minimum absolute atomic E-state index is 0.213. The number of anilines is 1. The van der Waals surface area contributed by atoms with E-state index in [0.29, 0.717) is 18.1 Å². The van der Waals surface area contributed by atoms with Crippen molar-refractivity contribution in [1.82, 2.24) is 15.2 Å². The highest BCUT2D eigenvalue weighted by Crippen LogP contribution is 2.19. The molecule has 7 nitrogen and oxygen atoms in total. The first-order valence-electron chi connectivity index (χ1n) is 7.63. The number of ether oxygens (including phenoxy) is 1. The number of aliphatic hydroxyl groups is 1. The lowest BCUT2D eigenvalue weighted by atomic mass is 10.1. The Morgan fingerprint density at radius 1 is 1.45 bits per heavy atom. The van der Waals surface area contributed by atoms with E-state index in [9.17, 15) is 9.90 Å². The van der Waals surface area contributed by atoms with E-state index >= 15 is 0 Å². The number of methoxy groups -OCH3 is 1. The van der Waals surface area contributed by atoms with Crippen molar-refractivity contribution in [2.24, 2.45) is 0 Å². The largest absolute Gasteiger partial charge is 0.480 e. The maximum absolute atomic E-state index is 11.8. The fourth-order valence-electron chi connectivity index (χ4n) is 2.53. The van der Waals surface area contributed by atoms with Crippen LogP contribution in [0.4, 0.5) is 10.5 Å². The monoisotopic (exact) mass is 308 g/mol. The Balaban J connectivity index is 1.72. The van der Waals surface area contributed by atoms with Crippen molar-refractivity contribution < 1.29 is 14.6 Å². The molecular weight excluding hydrogens is 284 g/mol. The zero-order valence-electron chi connectivity index (χ0n) is 12.9. The molecule has 1 aromatic heterocycles. The molecule has 2 heterocycles. The number of nitrogens with zero attached hydrogens (tertiary/aromatic N) is 2. The summed E-state index contributed by atoms with van der Waals surface area (Å²) < 4.78 is 5.06. The summed E-state index contributed by atoms with van der Waals surface area (Å²) in [5, 5.41) is 15.3. The van der Waals surface area contributed by atoms with Crippen molar-refractivity contribution in [3.05, 3.63) is 18.3 Å². The van der Waals surface area contributed by atoms with Crippen LogP contribution in [0.25, 0.3) is 0 Å². The highest BCUT2D eigenvalue weighted by atomic mass is 16.5. The van der Waals surface area contributed by atoms with Gasteiger partial charge in [0.2, 0.25) is 5.88 Å². The molecule has 1 aliphatic heterocycles. The molecule has 1 saturated heterocycles. The van der Waals surface area contributed by atoms with Gasteiger partial charge < -0.3 is 25.4 Å². The summed E-state index contributed by atoms with van der Waals surface area (Å²) >= 11 is 0. The van der Waals surface area contributed by atoms with Gasteiger partial charge in [0.1, 0.15) is 5.69 Å². The quantitative estimate of drug-likeness (QED) is 0.731. The summed E-state index contributed by atoms with van der Waals surface area (Å²) in [5.74, 6) is 0.353. The Labute approximate surface area is 130 Å². The van der Waals surface area contributed by atoms with Crippen molar-refractivity contribution >= 4 is 11.7 Å². The molecule has 1 fully saturated rings. The molecule has 0 spiro atoms. The first-order valence-corrected chi connectivity index (χ1v) is 7.63. The number of β-amino-alcohol motifs (C(OH)–C–C–N with tert-alkyl or cyclic N) is 1. The Bertz CT molecular complexity index is 478. The van der Waals surface area contributed by atoms with E-state index in [1.54, 1.807) is 18.3 Å². The Morgan fingerprint density at radius 3 is 2.95 bits per heavy atom. The third-order valence-electron chi connectivity index (χ3n) is 3.63. The number of carbonyl (C=O) groups is 1. The van der Waals surface area contributed by atoms with Gasteiger partial charge in [-0.1, -0.05) is 6.42 Å². The van der Waals surface area contributed by atoms with E-state index in [-0.39, 0.29) is 12.6 Å². The lowest BCUT2D eigenvalue weighted by Gasteiger charge is -2.28. The molecule has 0 saturated carbocycles. The van der Waals surface area contributed by atoms with Gasteiger partial charge in [-0.05, 0) is 38.1 Å². The van der Waals surface area contributed by atoms with Gasteiger partial charge in [0.25, 0.3) is 0 Å². The normalized spacial score (nSPS) is 16.8. The van der Waals surface area contributed by atoms with Crippen LogP contribution in [0.3, 0.4) is 0 Å². The standard InChI is InChI=1S/C15H24N4O3/c1-22-14-13(6-5-7-16-14)18-15(21)17-10-12(20)11-19-8-3-2-4-9-19/h5-7,12,20H,2-4,8-11H2,1H3,(H2,17,18,21)/t12-/m1/s1. The number of nitrogens with one attached hydrogen (secondary N) is 2. The molecule has 0 aliphatic carbocycles. The number of urea groups is 1. The highest BCUT2D eigenvalue weighted by molar-refractivity contribution is 5.90. The van der Waals surface area contributed by atoms with Gasteiger partial charge in [-0.3, -0.25) is 0 Å². The minimum atomic E-state index is -0.570. The van der Waals surface area contributed by atoms with Gasteiger partial charge in [0.05, 0.1) is 13.2 Å². The molecule has 7 heteroatoms. The molecule has 22 heavy (non-hydrogen) atoms. The second-order valence-corrected chi connectivity index (χ2v) is 5.41. The minimum Gasteiger partial charge on any atom is -0.480 e. The maximum atomic E-state index is 11.8. The van der Waals surface area contributed by atoms with Gasteiger partial charge in [-0.25, -0.2) is 9.78 Å². The molecule has 122 valence electrons. The van der Waals surface area contributed by atoms with Gasteiger partial charge in [-0.2, -0.15) is 0 Å². The van der Waals surface area contributed by atoms with Crippen molar-refractivity contribution in [3.8, 4) is 5.88 Å². The fourth-order valence-corrected chi connectivity index (χ4v) is 2.53. The Hall–Kier alpha value is -1.86. The van der Waals surface area contributed by atoms with E-state index in [1.807, 2.05) is 0 Å². The van der Waals surface area contributed by atoms with Crippen LogP contribution in [-0.2, 0) is 0 Å². The van der Waals surface area contributed by atoms with E-state index in [0.717, 1.165) is 13.1 Å². The second kappa shape index (κ2) is 8.55. The van der Waals surface area contributed by atoms with Crippen molar-refractivity contribution in [2.45, 2.75) is 25.4 Å². The number of pyridine rings is 1. The molecule has 0 unspecified atom stereocenters. The fraction of sp³-hybridized carbons (Fsp3) is 0.600.